The molecule has 180 valence electrons. The smallest absolute Gasteiger partial charge is 0.236 e. The van der Waals surface area contributed by atoms with Gasteiger partial charge in [0.1, 0.15) is 5.75 Å². The fraction of sp³-hybridized carbons (Fsp3) is 0.625. The maximum Gasteiger partial charge on any atom is 0.236 e. The van der Waals surface area contributed by atoms with Gasteiger partial charge in [0, 0.05) is 24.8 Å². The maximum absolute atomic E-state index is 6.15. The van der Waals surface area contributed by atoms with Crippen molar-refractivity contribution in [1.82, 2.24) is 19.9 Å². The molecule has 8 nitrogen and oxygen atoms in total. The summed E-state index contributed by atoms with van der Waals surface area (Å²) in [6, 6.07) is 6.50. The molecule has 1 saturated carbocycles. The Bertz CT molecular complexity index is 922. The van der Waals surface area contributed by atoms with E-state index in [4.69, 9.17) is 15.5 Å². The first kappa shape index (κ1) is 24.0. The number of nitrogens with zero attached hydrogens (tertiary/aromatic N) is 5. The van der Waals surface area contributed by atoms with Gasteiger partial charge in [-0.05, 0) is 78.8 Å². The highest BCUT2D eigenvalue weighted by atomic mass is 79.9. The van der Waals surface area contributed by atoms with Gasteiger partial charge in [-0.25, -0.2) is 0 Å². The number of hydrogen-bond acceptors (Lipinski definition) is 8. The number of aromatic nitrogens is 3. The second kappa shape index (κ2) is 11.3. The van der Waals surface area contributed by atoms with Gasteiger partial charge < -0.3 is 20.7 Å². The van der Waals surface area contributed by atoms with E-state index in [1.165, 1.54) is 38.5 Å². The van der Waals surface area contributed by atoms with Crippen molar-refractivity contribution in [1.29, 1.82) is 0 Å². The molecule has 0 radical (unpaired) electrons. The maximum atomic E-state index is 6.15. The summed E-state index contributed by atoms with van der Waals surface area (Å²) < 4.78 is 6.33. The fourth-order valence-electron chi connectivity index (χ4n) is 5.06. The summed E-state index contributed by atoms with van der Waals surface area (Å²) >= 11 is 3.63. The van der Waals surface area contributed by atoms with Crippen LogP contribution in [-0.2, 0) is 0 Å². The van der Waals surface area contributed by atoms with E-state index in [-0.39, 0.29) is 5.95 Å². The topological polar surface area (TPSA) is 92.4 Å². The summed E-state index contributed by atoms with van der Waals surface area (Å²) in [5.41, 5.74) is 7.15. The van der Waals surface area contributed by atoms with E-state index in [9.17, 15) is 0 Å². The Morgan fingerprint density at radius 3 is 2.70 bits per heavy atom. The van der Waals surface area contributed by atoms with Crippen LogP contribution in [0.3, 0.4) is 0 Å². The quantitative estimate of drug-likeness (QED) is 0.487. The number of methoxy groups -OCH3 is 1. The lowest BCUT2D eigenvalue weighted by Gasteiger charge is -2.31. The molecule has 1 aromatic carbocycles. The molecule has 2 fully saturated rings. The summed E-state index contributed by atoms with van der Waals surface area (Å²) in [5, 5.41) is 3.44. The molecule has 0 amide bonds. The van der Waals surface area contributed by atoms with Gasteiger partial charge in [-0.1, -0.05) is 26.2 Å². The minimum atomic E-state index is 0.238. The SMILES string of the molecule is CCN1CCCC1CN(c1ccc(OC)c(Br)c1)c1nc(N)nc(NCC2CCCCC2)n1. The molecular weight excluding hydrogens is 482 g/mol. The van der Waals surface area contributed by atoms with Gasteiger partial charge in [0.2, 0.25) is 17.8 Å². The van der Waals surface area contributed by atoms with Crippen LogP contribution in [0.25, 0.3) is 0 Å². The van der Waals surface area contributed by atoms with Gasteiger partial charge in [0.05, 0.1) is 11.6 Å². The molecule has 2 aliphatic rings. The van der Waals surface area contributed by atoms with E-state index < -0.39 is 0 Å². The van der Waals surface area contributed by atoms with Crippen LogP contribution < -0.4 is 20.7 Å². The summed E-state index contributed by atoms with van der Waals surface area (Å²) in [5.74, 6) is 2.83. The van der Waals surface area contributed by atoms with E-state index in [0.29, 0.717) is 23.9 Å². The Kier molecular flexibility index (Phi) is 8.25. The average Bonchev–Trinajstić information content (AvgIpc) is 3.29. The highest BCUT2D eigenvalue weighted by Gasteiger charge is 2.28. The number of likely N-dealkylation sites (tertiary alicyclic amines) is 1. The van der Waals surface area contributed by atoms with Crippen LogP contribution in [0.4, 0.5) is 23.5 Å². The predicted octanol–water partition coefficient (Wildman–Crippen LogP) is 4.84. The Hall–Kier alpha value is -2.13. The third-order valence-corrected chi connectivity index (χ3v) is 7.52. The molecule has 9 heteroatoms. The standard InChI is InChI=1S/C24H36BrN7O/c1-3-31-13-7-10-19(31)16-32(18-11-12-21(33-2)20(25)14-18)24-29-22(26)28-23(30-24)27-15-17-8-5-4-6-9-17/h11-12,14,17,19H,3-10,13,15-16H2,1-2H3,(H3,26,27,28,29,30). The van der Waals surface area contributed by atoms with Gasteiger partial charge in [0.15, 0.2) is 0 Å². The lowest BCUT2D eigenvalue weighted by Crippen LogP contribution is -2.39. The van der Waals surface area contributed by atoms with Crippen LogP contribution in [0.2, 0.25) is 0 Å². The van der Waals surface area contributed by atoms with Crippen molar-refractivity contribution in [2.45, 2.75) is 57.9 Å². The molecule has 4 rings (SSSR count). The van der Waals surface area contributed by atoms with Crippen molar-refractivity contribution in [3.05, 3.63) is 22.7 Å². The third-order valence-electron chi connectivity index (χ3n) is 6.90. The minimum Gasteiger partial charge on any atom is -0.496 e. The van der Waals surface area contributed by atoms with E-state index in [1.54, 1.807) is 7.11 Å². The number of nitrogen functional groups attached to an aromatic ring is 1. The molecule has 1 atom stereocenters. The molecule has 33 heavy (non-hydrogen) atoms. The molecule has 1 aromatic heterocycles. The zero-order valence-corrected chi connectivity index (χ0v) is 21.4. The summed E-state index contributed by atoms with van der Waals surface area (Å²) in [6.07, 6.45) is 8.88. The highest BCUT2D eigenvalue weighted by molar-refractivity contribution is 9.10. The summed E-state index contributed by atoms with van der Waals surface area (Å²) in [7, 11) is 1.67. The zero-order valence-electron chi connectivity index (χ0n) is 19.8. The monoisotopic (exact) mass is 517 g/mol. The van der Waals surface area contributed by atoms with Crippen molar-refractivity contribution in [3.8, 4) is 5.75 Å². The number of nitrogens with two attached hydrogens (primary N) is 1. The first-order valence-electron chi connectivity index (χ1n) is 12.2. The van der Waals surface area contributed by atoms with E-state index in [2.05, 4.69) is 54.0 Å². The Balaban J connectivity index is 1.61. The second-order valence-electron chi connectivity index (χ2n) is 9.06. The van der Waals surface area contributed by atoms with Crippen molar-refractivity contribution in [2.24, 2.45) is 5.92 Å². The second-order valence-corrected chi connectivity index (χ2v) is 9.91. The van der Waals surface area contributed by atoms with Crippen molar-refractivity contribution in [3.63, 3.8) is 0 Å². The Labute approximate surface area is 205 Å². The molecule has 1 saturated heterocycles. The summed E-state index contributed by atoms with van der Waals surface area (Å²) in [4.78, 5) is 18.4. The van der Waals surface area contributed by atoms with Crippen LogP contribution in [-0.4, -0.2) is 59.2 Å². The molecule has 3 N–H and O–H groups in total. The Morgan fingerprint density at radius 2 is 1.97 bits per heavy atom. The van der Waals surface area contributed by atoms with Crippen LogP contribution in [0, 0.1) is 5.92 Å². The number of nitrogens with one attached hydrogen (secondary N) is 1. The first-order chi connectivity index (χ1) is 16.1. The number of likely N-dealkylation sites (N-methyl/N-ethyl adjacent to an activating group) is 1. The molecular formula is C24H36BrN7O. The molecule has 1 aliphatic heterocycles. The number of hydrogen-bond donors (Lipinski definition) is 2. The molecule has 1 aliphatic carbocycles. The van der Waals surface area contributed by atoms with Gasteiger partial charge >= 0.3 is 0 Å². The lowest BCUT2D eigenvalue weighted by atomic mass is 9.89. The highest BCUT2D eigenvalue weighted by Crippen LogP contribution is 2.34. The fourth-order valence-corrected chi connectivity index (χ4v) is 5.59. The number of benzene rings is 1. The van der Waals surface area contributed by atoms with Gasteiger partial charge in [-0.3, -0.25) is 4.90 Å². The van der Waals surface area contributed by atoms with Crippen LogP contribution in [0.1, 0.15) is 51.9 Å². The van der Waals surface area contributed by atoms with Crippen molar-refractivity contribution in [2.75, 3.05) is 49.2 Å². The summed E-state index contributed by atoms with van der Waals surface area (Å²) in [6.45, 7) is 6.06. The molecule has 2 heterocycles. The van der Waals surface area contributed by atoms with Gasteiger partial charge in [-0.15, -0.1) is 0 Å². The largest absolute Gasteiger partial charge is 0.496 e. The number of anilines is 4. The van der Waals surface area contributed by atoms with Crippen LogP contribution in [0.5, 0.6) is 5.75 Å². The van der Waals surface area contributed by atoms with Crippen LogP contribution >= 0.6 is 15.9 Å². The van der Waals surface area contributed by atoms with E-state index in [0.717, 1.165) is 48.5 Å². The zero-order chi connectivity index (χ0) is 23.2. The van der Waals surface area contributed by atoms with E-state index in [1.807, 2.05) is 12.1 Å². The number of rotatable bonds is 9. The molecule has 0 spiro atoms. The van der Waals surface area contributed by atoms with E-state index >= 15 is 0 Å². The average molecular weight is 519 g/mol. The first-order valence-corrected chi connectivity index (χ1v) is 13.0. The normalized spacial score (nSPS) is 19.5. The Morgan fingerprint density at radius 1 is 1.15 bits per heavy atom. The third kappa shape index (κ3) is 6.06. The predicted molar refractivity (Wildman–Crippen MR) is 137 cm³/mol. The molecule has 1 unspecified atom stereocenters. The molecule has 2 aromatic rings. The van der Waals surface area contributed by atoms with Crippen molar-refractivity contribution >= 4 is 39.5 Å². The molecule has 0 bridgehead atoms. The van der Waals surface area contributed by atoms with Crippen molar-refractivity contribution < 1.29 is 4.74 Å². The minimum absolute atomic E-state index is 0.238. The van der Waals surface area contributed by atoms with Gasteiger partial charge in [-0.2, -0.15) is 15.0 Å². The van der Waals surface area contributed by atoms with Crippen LogP contribution in [0.15, 0.2) is 22.7 Å². The number of halogens is 1. The number of ether oxygens (including phenoxy) is 1. The van der Waals surface area contributed by atoms with Gasteiger partial charge in [0.25, 0.3) is 0 Å². The lowest BCUT2D eigenvalue weighted by molar-refractivity contribution is 0.271.